The van der Waals surface area contributed by atoms with Gasteiger partial charge in [0.1, 0.15) is 5.75 Å². The Balaban J connectivity index is 0.000000409. The number of carbonyl (C=O) groups is 2. The third kappa shape index (κ3) is 9.71. The van der Waals surface area contributed by atoms with Crippen LogP contribution in [0.4, 0.5) is 0 Å². The molecule has 0 atom stereocenters. The van der Waals surface area contributed by atoms with Crippen molar-refractivity contribution in [2.45, 2.75) is 33.5 Å². The number of ether oxygens (including phenoxy) is 1. The molecule has 0 aliphatic carbocycles. The van der Waals surface area contributed by atoms with E-state index in [1.807, 2.05) is 25.7 Å². The van der Waals surface area contributed by atoms with Crippen LogP contribution in [0.25, 0.3) is 0 Å². The molecular formula is C17H24O4Si. The highest BCUT2D eigenvalue weighted by molar-refractivity contribution is 6.71. The second-order valence-electron chi connectivity index (χ2n) is 5.77. The van der Waals surface area contributed by atoms with Gasteiger partial charge in [0, 0.05) is 11.1 Å². The highest BCUT2D eigenvalue weighted by Crippen LogP contribution is 2.09. The number of benzene rings is 1. The minimum atomic E-state index is -1.69. The second kappa shape index (κ2) is 8.99. The Hall–Kier alpha value is -2.14. The molecule has 1 rings (SSSR count). The third-order valence-electron chi connectivity index (χ3n) is 2.05. The summed E-state index contributed by atoms with van der Waals surface area (Å²) in [6.45, 7) is 16.1. The van der Waals surface area contributed by atoms with E-state index in [1.54, 1.807) is 38.1 Å². The van der Waals surface area contributed by atoms with Crippen LogP contribution in [0.3, 0.4) is 0 Å². The predicted molar refractivity (Wildman–Crippen MR) is 91.1 cm³/mol. The van der Waals surface area contributed by atoms with Gasteiger partial charge in [-0.1, -0.05) is 31.4 Å². The van der Waals surface area contributed by atoms with Gasteiger partial charge in [-0.15, -0.1) is 0 Å². The smallest absolute Gasteiger partial charge is 0.338 e. The van der Waals surface area contributed by atoms with E-state index < -0.39 is 8.32 Å². The molecule has 0 radical (unpaired) electrons. The Bertz CT molecular complexity index is 542. The van der Waals surface area contributed by atoms with Crippen LogP contribution in [0.1, 0.15) is 13.8 Å². The summed E-state index contributed by atoms with van der Waals surface area (Å²) >= 11 is 0. The fourth-order valence-electron chi connectivity index (χ4n) is 1.05. The maximum absolute atomic E-state index is 11.0. The molecule has 120 valence electrons. The van der Waals surface area contributed by atoms with Gasteiger partial charge in [0.15, 0.2) is 0 Å². The highest BCUT2D eigenvalue weighted by atomic mass is 28.4. The first-order valence-corrected chi connectivity index (χ1v) is 10.3. The Kier molecular flexibility index (Phi) is 8.12. The van der Waals surface area contributed by atoms with Gasteiger partial charge in [0.05, 0.1) is 0 Å². The number of rotatable bonds is 4. The van der Waals surface area contributed by atoms with Crippen LogP contribution in [0.15, 0.2) is 54.6 Å². The number of carbonyl (C=O) groups excluding carboxylic acids is 2. The molecule has 0 saturated heterocycles. The van der Waals surface area contributed by atoms with Crippen molar-refractivity contribution in [3.8, 4) is 5.75 Å². The van der Waals surface area contributed by atoms with Gasteiger partial charge in [-0.3, -0.25) is 0 Å². The van der Waals surface area contributed by atoms with Crippen LogP contribution in [-0.2, 0) is 14.0 Å². The minimum Gasteiger partial charge on any atom is -0.517 e. The average molecular weight is 320 g/mol. The van der Waals surface area contributed by atoms with Gasteiger partial charge in [-0.2, -0.15) is 0 Å². The van der Waals surface area contributed by atoms with E-state index in [1.165, 1.54) is 0 Å². The van der Waals surface area contributed by atoms with Crippen LogP contribution in [-0.4, -0.2) is 20.3 Å². The average Bonchev–Trinajstić information content (AvgIpc) is 2.38. The SMILES string of the molecule is C=C(C)C(=O)O[Si](C)(C)C.C=C(C)C(=O)Oc1ccccc1. The van der Waals surface area contributed by atoms with Gasteiger partial charge >= 0.3 is 11.9 Å². The number of hydrogen-bond donors (Lipinski definition) is 0. The normalized spacial score (nSPS) is 9.86. The van der Waals surface area contributed by atoms with Crippen molar-refractivity contribution in [2.24, 2.45) is 0 Å². The van der Waals surface area contributed by atoms with Crippen molar-refractivity contribution in [3.05, 3.63) is 54.6 Å². The molecule has 22 heavy (non-hydrogen) atoms. The van der Waals surface area contributed by atoms with Crippen molar-refractivity contribution < 1.29 is 18.8 Å². The zero-order valence-electron chi connectivity index (χ0n) is 13.9. The third-order valence-corrected chi connectivity index (χ3v) is 2.85. The van der Waals surface area contributed by atoms with Crippen LogP contribution >= 0.6 is 0 Å². The van der Waals surface area contributed by atoms with Crippen LogP contribution in [0.5, 0.6) is 5.75 Å². The molecule has 1 aromatic carbocycles. The molecular weight excluding hydrogens is 296 g/mol. The first kappa shape index (κ1) is 19.9. The first-order valence-electron chi connectivity index (χ1n) is 6.84. The molecule has 0 aromatic heterocycles. The van der Waals surface area contributed by atoms with Crippen molar-refractivity contribution in [1.82, 2.24) is 0 Å². The lowest BCUT2D eigenvalue weighted by Gasteiger charge is -2.16. The zero-order chi connectivity index (χ0) is 17.3. The number of hydrogen-bond acceptors (Lipinski definition) is 4. The number of para-hydroxylation sites is 1. The summed E-state index contributed by atoms with van der Waals surface area (Å²) in [4.78, 5) is 21.9. The van der Waals surface area contributed by atoms with Crippen molar-refractivity contribution in [3.63, 3.8) is 0 Å². The summed E-state index contributed by atoms with van der Waals surface area (Å²) in [5.74, 6) is -0.106. The van der Waals surface area contributed by atoms with E-state index in [9.17, 15) is 9.59 Å². The van der Waals surface area contributed by atoms with Gasteiger partial charge in [0.25, 0.3) is 0 Å². The summed E-state index contributed by atoms with van der Waals surface area (Å²) in [5, 5.41) is 0. The molecule has 0 fully saturated rings. The standard InChI is InChI=1S/C10H10O2.C7H14O2Si/c1-8(2)10(11)12-9-6-4-3-5-7-9;1-6(2)7(8)9-10(3,4)5/h3-7H,1H2,2H3;1H2,2-5H3. The molecule has 0 N–H and O–H groups in total. The van der Waals surface area contributed by atoms with Gasteiger partial charge in [-0.05, 0) is 45.6 Å². The lowest BCUT2D eigenvalue weighted by atomic mass is 10.3. The monoisotopic (exact) mass is 320 g/mol. The van der Waals surface area contributed by atoms with Gasteiger partial charge in [0.2, 0.25) is 8.32 Å². The summed E-state index contributed by atoms with van der Waals surface area (Å²) in [5.41, 5.74) is 0.876. The van der Waals surface area contributed by atoms with E-state index >= 15 is 0 Å². The largest absolute Gasteiger partial charge is 0.517 e. The molecule has 1 aromatic rings. The van der Waals surface area contributed by atoms with E-state index in [4.69, 9.17) is 9.16 Å². The molecule has 0 amide bonds. The van der Waals surface area contributed by atoms with E-state index in [0.717, 1.165) is 0 Å². The van der Waals surface area contributed by atoms with Gasteiger partial charge in [-0.25, -0.2) is 9.59 Å². The Morgan fingerprint density at radius 1 is 0.909 bits per heavy atom. The Morgan fingerprint density at radius 3 is 1.68 bits per heavy atom. The Morgan fingerprint density at radius 2 is 1.36 bits per heavy atom. The van der Waals surface area contributed by atoms with E-state index in [0.29, 0.717) is 16.9 Å². The predicted octanol–water partition coefficient (Wildman–Crippen LogP) is 4.11. The fraction of sp³-hybridized carbons (Fsp3) is 0.294. The van der Waals surface area contributed by atoms with Gasteiger partial charge < -0.3 is 9.16 Å². The number of esters is 1. The molecule has 0 heterocycles. The first-order chi connectivity index (χ1) is 10.0. The molecule has 0 aliphatic heterocycles. The summed E-state index contributed by atoms with van der Waals surface area (Å²) in [6.07, 6.45) is 0. The summed E-state index contributed by atoms with van der Waals surface area (Å²) in [6, 6.07) is 8.92. The van der Waals surface area contributed by atoms with Crippen LogP contribution < -0.4 is 4.74 Å². The van der Waals surface area contributed by atoms with Crippen LogP contribution in [0.2, 0.25) is 19.6 Å². The molecule has 5 heteroatoms. The maximum atomic E-state index is 11.0. The van der Waals surface area contributed by atoms with E-state index in [-0.39, 0.29) is 11.9 Å². The Labute approximate surface area is 133 Å². The summed E-state index contributed by atoms with van der Waals surface area (Å²) < 4.78 is 10.0. The minimum absolute atomic E-state index is 0.265. The summed E-state index contributed by atoms with van der Waals surface area (Å²) in [7, 11) is -1.69. The molecule has 0 spiro atoms. The lowest BCUT2D eigenvalue weighted by molar-refractivity contribution is -0.131. The highest BCUT2D eigenvalue weighted by Gasteiger charge is 2.19. The quantitative estimate of drug-likeness (QED) is 0.362. The van der Waals surface area contributed by atoms with Crippen LogP contribution in [0, 0.1) is 0 Å². The fourth-order valence-corrected chi connectivity index (χ4v) is 1.78. The molecule has 0 bridgehead atoms. The molecule has 0 unspecified atom stereocenters. The zero-order valence-corrected chi connectivity index (χ0v) is 14.9. The topological polar surface area (TPSA) is 52.6 Å². The molecule has 0 aliphatic rings. The van der Waals surface area contributed by atoms with Crippen molar-refractivity contribution >= 4 is 20.3 Å². The maximum Gasteiger partial charge on any atom is 0.338 e. The van der Waals surface area contributed by atoms with Crippen molar-refractivity contribution in [1.29, 1.82) is 0 Å². The molecule has 0 saturated carbocycles. The van der Waals surface area contributed by atoms with E-state index in [2.05, 4.69) is 13.2 Å². The lowest BCUT2D eigenvalue weighted by Crippen LogP contribution is -2.29. The molecule has 4 nitrogen and oxygen atoms in total. The van der Waals surface area contributed by atoms with Crippen molar-refractivity contribution in [2.75, 3.05) is 0 Å². The second-order valence-corrected chi connectivity index (χ2v) is 10.2.